The van der Waals surface area contributed by atoms with Gasteiger partial charge in [0.05, 0.1) is 0 Å². The molecule has 1 fully saturated rings. The maximum absolute atomic E-state index is 3.52. The molecule has 0 atom stereocenters. The van der Waals surface area contributed by atoms with E-state index in [0.717, 1.165) is 12.6 Å². The molecular formula is C14H16N2. The van der Waals surface area contributed by atoms with Crippen LogP contribution in [0.5, 0.6) is 0 Å². The maximum atomic E-state index is 3.52. The predicted octanol–water partition coefficient (Wildman–Crippen LogP) is 2.93. The summed E-state index contributed by atoms with van der Waals surface area (Å²) >= 11 is 0. The quantitative estimate of drug-likeness (QED) is 0.801. The average Bonchev–Trinajstić information content (AvgIpc) is 3.00. The van der Waals surface area contributed by atoms with Crippen LogP contribution in [-0.4, -0.2) is 11.0 Å². The maximum Gasteiger partial charge on any atom is 0.0453 e. The Kier molecular flexibility index (Phi) is 2.50. The number of rotatable bonds is 4. The Morgan fingerprint density at radius 1 is 1.12 bits per heavy atom. The summed E-state index contributed by atoms with van der Waals surface area (Å²) in [5, 5.41) is 3.52. The Balaban J connectivity index is 1.69. The largest absolute Gasteiger partial charge is 0.361 e. The van der Waals surface area contributed by atoms with E-state index < -0.39 is 0 Å². The van der Waals surface area contributed by atoms with E-state index in [1.54, 1.807) is 0 Å². The van der Waals surface area contributed by atoms with E-state index in [1.807, 2.05) is 12.3 Å². The minimum absolute atomic E-state index is 0.781. The molecule has 16 heavy (non-hydrogen) atoms. The van der Waals surface area contributed by atoms with Crippen LogP contribution in [0.25, 0.3) is 11.3 Å². The van der Waals surface area contributed by atoms with Gasteiger partial charge in [0.1, 0.15) is 0 Å². The van der Waals surface area contributed by atoms with Crippen molar-refractivity contribution in [1.82, 2.24) is 10.3 Å². The first-order valence-corrected chi connectivity index (χ1v) is 5.88. The van der Waals surface area contributed by atoms with Crippen molar-refractivity contribution >= 4 is 0 Å². The molecule has 1 saturated carbocycles. The Labute approximate surface area is 95.7 Å². The fourth-order valence-electron chi connectivity index (χ4n) is 1.86. The standard InChI is InChI=1S/C14H16N2/c1-2-14(15-9-1)12-5-3-11(4-6-12)10-16-13-7-8-13/h1-6,9,13,15-16H,7-8,10H2. The lowest BCUT2D eigenvalue weighted by Crippen LogP contribution is -2.14. The Morgan fingerprint density at radius 3 is 2.56 bits per heavy atom. The second-order valence-corrected chi connectivity index (χ2v) is 4.44. The zero-order valence-electron chi connectivity index (χ0n) is 9.24. The van der Waals surface area contributed by atoms with Gasteiger partial charge in [0.2, 0.25) is 0 Å². The molecule has 2 N–H and O–H groups in total. The first kappa shape index (κ1) is 9.67. The number of aromatic nitrogens is 1. The molecule has 0 amide bonds. The fourth-order valence-corrected chi connectivity index (χ4v) is 1.86. The minimum atomic E-state index is 0.781. The summed E-state index contributed by atoms with van der Waals surface area (Å²) in [5.41, 5.74) is 3.80. The van der Waals surface area contributed by atoms with Crippen molar-refractivity contribution in [2.45, 2.75) is 25.4 Å². The molecule has 0 unspecified atom stereocenters. The van der Waals surface area contributed by atoms with Gasteiger partial charge in [-0.1, -0.05) is 24.3 Å². The van der Waals surface area contributed by atoms with Gasteiger partial charge in [-0.25, -0.2) is 0 Å². The number of H-pyrrole nitrogens is 1. The highest BCUT2D eigenvalue weighted by molar-refractivity contribution is 5.59. The van der Waals surface area contributed by atoms with Crippen molar-refractivity contribution in [3.63, 3.8) is 0 Å². The molecule has 0 aliphatic heterocycles. The van der Waals surface area contributed by atoms with Crippen LogP contribution in [-0.2, 0) is 6.54 Å². The summed E-state index contributed by atoms with van der Waals surface area (Å²) in [7, 11) is 0. The monoisotopic (exact) mass is 212 g/mol. The molecule has 0 bridgehead atoms. The zero-order chi connectivity index (χ0) is 10.8. The van der Waals surface area contributed by atoms with Crippen molar-refractivity contribution in [2.24, 2.45) is 0 Å². The van der Waals surface area contributed by atoms with Gasteiger partial charge in [-0.3, -0.25) is 0 Å². The molecule has 2 aromatic rings. The third-order valence-corrected chi connectivity index (χ3v) is 3.04. The second-order valence-electron chi connectivity index (χ2n) is 4.44. The van der Waals surface area contributed by atoms with E-state index in [0.29, 0.717) is 0 Å². The summed E-state index contributed by atoms with van der Waals surface area (Å²) in [6.07, 6.45) is 4.65. The first-order valence-electron chi connectivity index (χ1n) is 5.88. The Bertz CT molecular complexity index is 438. The number of benzene rings is 1. The molecule has 3 rings (SSSR count). The van der Waals surface area contributed by atoms with E-state index in [9.17, 15) is 0 Å². The molecule has 2 nitrogen and oxygen atoms in total. The van der Waals surface area contributed by atoms with Gasteiger partial charge in [-0.2, -0.15) is 0 Å². The fraction of sp³-hybridized carbons (Fsp3) is 0.286. The van der Waals surface area contributed by atoms with Gasteiger partial charge in [-0.15, -0.1) is 0 Å². The topological polar surface area (TPSA) is 27.8 Å². The van der Waals surface area contributed by atoms with Crippen LogP contribution in [0.4, 0.5) is 0 Å². The SMILES string of the molecule is c1c[nH]c(-c2ccc(CNC3CC3)cc2)c1. The highest BCUT2D eigenvalue weighted by Gasteiger charge is 2.19. The molecule has 1 heterocycles. The number of nitrogens with one attached hydrogen (secondary N) is 2. The molecule has 1 aromatic heterocycles. The Morgan fingerprint density at radius 2 is 1.94 bits per heavy atom. The molecule has 0 saturated heterocycles. The molecule has 82 valence electrons. The second kappa shape index (κ2) is 4.14. The van der Waals surface area contributed by atoms with Crippen LogP contribution in [0.15, 0.2) is 42.6 Å². The predicted molar refractivity (Wildman–Crippen MR) is 66.1 cm³/mol. The van der Waals surface area contributed by atoms with Gasteiger partial charge < -0.3 is 10.3 Å². The van der Waals surface area contributed by atoms with Gasteiger partial charge in [0.15, 0.2) is 0 Å². The zero-order valence-corrected chi connectivity index (χ0v) is 9.24. The van der Waals surface area contributed by atoms with Crippen LogP contribution in [0, 0.1) is 0 Å². The van der Waals surface area contributed by atoms with Crippen molar-refractivity contribution in [3.05, 3.63) is 48.2 Å². The lowest BCUT2D eigenvalue weighted by molar-refractivity contribution is 0.688. The molecule has 2 heteroatoms. The molecular weight excluding hydrogens is 196 g/mol. The number of hydrogen-bond acceptors (Lipinski definition) is 1. The average molecular weight is 212 g/mol. The summed E-state index contributed by atoms with van der Waals surface area (Å²) in [6.45, 7) is 0.996. The lowest BCUT2D eigenvalue weighted by atomic mass is 10.1. The van der Waals surface area contributed by atoms with Crippen LogP contribution in [0.2, 0.25) is 0 Å². The van der Waals surface area contributed by atoms with Crippen LogP contribution in [0.1, 0.15) is 18.4 Å². The normalized spacial score (nSPS) is 15.2. The Hall–Kier alpha value is -1.54. The van der Waals surface area contributed by atoms with E-state index in [1.165, 1.54) is 29.7 Å². The minimum Gasteiger partial charge on any atom is -0.361 e. The van der Waals surface area contributed by atoms with E-state index in [2.05, 4.69) is 40.6 Å². The molecule has 1 aromatic carbocycles. The van der Waals surface area contributed by atoms with E-state index in [4.69, 9.17) is 0 Å². The van der Waals surface area contributed by atoms with Crippen molar-refractivity contribution in [2.75, 3.05) is 0 Å². The van der Waals surface area contributed by atoms with Crippen LogP contribution < -0.4 is 5.32 Å². The number of aromatic amines is 1. The van der Waals surface area contributed by atoms with Gasteiger partial charge in [0, 0.05) is 24.5 Å². The summed E-state index contributed by atoms with van der Waals surface area (Å²) in [5.74, 6) is 0. The third kappa shape index (κ3) is 2.17. The summed E-state index contributed by atoms with van der Waals surface area (Å²) in [6, 6.07) is 13.7. The van der Waals surface area contributed by atoms with E-state index in [-0.39, 0.29) is 0 Å². The lowest BCUT2D eigenvalue weighted by Gasteiger charge is -2.04. The van der Waals surface area contributed by atoms with Gasteiger partial charge in [-0.05, 0) is 36.1 Å². The summed E-state index contributed by atoms with van der Waals surface area (Å²) < 4.78 is 0. The van der Waals surface area contributed by atoms with Crippen molar-refractivity contribution in [3.8, 4) is 11.3 Å². The molecule has 0 radical (unpaired) electrons. The van der Waals surface area contributed by atoms with Gasteiger partial charge >= 0.3 is 0 Å². The molecule has 1 aliphatic carbocycles. The van der Waals surface area contributed by atoms with E-state index >= 15 is 0 Å². The first-order chi connectivity index (χ1) is 7.92. The smallest absolute Gasteiger partial charge is 0.0453 e. The molecule has 1 aliphatic rings. The summed E-state index contributed by atoms with van der Waals surface area (Å²) in [4.78, 5) is 3.22. The van der Waals surface area contributed by atoms with Crippen molar-refractivity contribution in [1.29, 1.82) is 0 Å². The van der Waals surface area contributed by atoms with Crippen LogP contribution in [0.3, 0.4) is 0 Å². The third-order valence-electron chi connectivity index (χ3n) is 3.04. The number of hydrogen-bond donors (Lipinski definition) is 2. The highest BCUT2D eigenvalue weighted by Crippen LogP contribution is 2.20. The highest BCUT2D eigenvalue weighted by atomic mass is 14.9. The van der Waals surface area contributed by atoms with Crippen LogP contribution >= 0.6 is 0 Å². The molecule has 0 spiro atoms. The van der Waals surface area contributed by atoms with Crippen molar-refractivity contribution < 1.29 is 0 Å². The van der Waals surface area contributed by atoms with Gasteiger partial charge in [0.25, 0.3) is 0 Å².